The zero-order valence-electron chi connectivity index (χ0n) is 7.95. The van der Waals surface area contributed by atoms with Gasteiger partial charge in [0.05, 0.1) is 5.69 Å². The minimum Gasteiger partial charge on any atom is -0.375 e. The van der Waals surface area contributed by atoms with Crippen molar-refractivity contribution in [3.63, 3.8) is 0 Å². The highest BCUT2D eigenvalue weighted by Crippen LogP contribution is 2.17. The normalized spacial score (nSPS) is 10.5. The molecule has 74 valence electrons. The molecule has 2 N–H and O–H groups in total. The van der Waals surface area contributed by atoms with E-state index in [1.165, 1.54) is 36.4 Å². The predicted octanol–water partition coefficient (Wildman–Crippen LogP) is 3.15. The molecule has 0 fully saturated rings. The van der Waals surface area contributed by atoms with Crippen molar-refractivity contribution in [3.8, 4) is 0 Å². The van der Waals surface area contributed by atoms with Gasteiger partial charge in [0.15, 0.2) is 5.13 Å². The Morgan fingerprint density at radius 2 is 2.38 bits per heavy atom. The summed E-state index contributed by atoms with van der Waals surface area (Å²) in [5.41, 5.74) is 6.66. The van der Waals surface area contributed by atoms with Crippen molar-refractivity contribution in [1.82, 2.24) is 4.98 Å². The number of rotatable bonds is 6. The molecule has 0 saturated heterocycles. The lowest BCUT2D eigenvalue weighted by Gasteiger charge is -1.97. The maximum Gasteiger partial charge on any atom is 0.180 e. The molecule has 0 radical (unpaired) electrons. The van der Waals surface area contributed by atoms with E-state index in [0.717, 1.165) is 11.4 Å². The van der Waals surface area contributed by atoms with Crippen molar-refractivity contribution in [2.45, 2.75) is 31.9 Å². The molecule has 0 aromatic carbocycles. The fourth-order valence-electron chi connectivity index (χ4n) is 1.02. The zero-order chi connectivity index (χ0) is 9.52. The van der Waals surface area contributed by atoms with Crippen LogP contribution in [0, 0.1) is 0 Å². The van der Waals surface area contributed by atoms with Crippen LogP contribution in [-0.4, -0.2) is 10.7 Å². The summed E-state index contributed by atoms with van der Waals surface area (Å²) in [6, 6.07) is 0. The lowest BCUT2D eigenvalue weighted by molar-refractivity contribution is 0.778. The molecule has 4 heteroatoms. The Labute approximate surface area is 87.9 Å². The first-order chi connectivity index (χ1) is 6.33. The van der Waals surface area contributed by atoms with Crippen LogP contribution in [0.3, 0.4) is 0 Å². The van der Waals surface area contributed by atoms with Crippen molar-refractivity contribution < 1.29 is 0 Å². The first-order valence-corrected chi connectivity index (χ1v) is 6.64. The van der Waals surface area contributed by atoms with E-state index >= 15 is 0 Å². The van der Waals surface area contributed by atoms with E-state index in [0.29, 0.717) is 5.13 Å². The Hall–Kier alpha value is -0.220. The van der Waals surface area contributed by atoms with Crippen LogP contribution in [0.15, 0.2) is 5.38 Å². The van der Waals surface area contributed by atoms with E-state index < -0.39 is 0 Å². The second-order valence-electron chi connectivity index (χ2n) is 2.94. The third-order valence-electron chi connectivity index (χ3n) is 1.71. The number of unbranched alkanes of at least 4 members (excludes halogenated alkanes) is 2. The minimum absolute atomic E-state index is 0.684. The van der Waals surface area contributed by atoms with Gasteiger partial charge < -0.3 is 5.73 Å². The lowest BCUT2D eigenvalue weighted by atomic mass is 10.3. The highest BCUT2D eigenvalue weighted by Gasteiger charge is 1.97. The summed E-state index contributed by atoms with van der Waals surface area (Å²) in [5, 5.41) is 2.73. The molecule has 0 amide bonds. The van der Waals surface area contributed by atoms with Gasteiger partial charge in [-0.05, 0) is 12.2 Å². The van der Waals surface area contributed by atoms with E-state index in [4.69, 9.17) is 5.73 Å². The highest BCUT2D eigenvalue weighted by atomic mass is 32.2. The predicted molar refractivity (Wildman–Crippen MR) is 62.2 cm³/mol. The monoisotopic (exact) mass is 216 g/mol. The van der Waals surface area contributed by atoms with Gasteiger partial charge in [-0.3, -0.25) is 0 Å². The van der Waals surface area contributed by atoms with Gasteiger partial charge in [0.25, 0.3) is 0 Å². The number of thiazole rings is 1. The van der Waals surface area contributed by atoms with Gasteiger partial charge in [-0.2, -0.15) is 11.8 Å². The highest BCUT2D eigenvalue weighted by molar-refractivity contribution is 7.98. The number of hydrogen-bond acceptors (Lipinski definition) is 4. The van der Waals surface area contributed by atoms with Gasteiger partial charge in [-0.1, -0.05) is 19.8 Å². The Bertz CT molecular complexity index is 235. The Morgan fingerprint density at radius 1 is 1.54 bits per heavy atom. The number of nitrogens with two attached hydrogens (primary N) is 1. The molecule has 0 atom stereocenters. The van der Waals surface area contributed by atoms with Crippen LogP contribution in [0.5, 0.6) is 0 Å². The third kappa shape index (κ3) is 4.52. The second-order valence-corrected chi connectivity index (χ2v) is 4.93. The maximum atomic E-state index is 5.53. The van der Waals surface area contributed by atoms with Crippen LogP contribution in [0.4, 0.5) is 5.13 Å². The molecule has 13 heavy (non-hydrogen) atoms. The molecule has 1 aromatic rings. The molecular formula is C9H16N2S2. The van der Waals surface area contributed by atoms with Gasteiger partial charge in [0.2, 0.25) is 0 Å². The smallest absolute Gasteiger partial charge is 0.180 e. The van der Waals surface area contributed by atoms with Gasteiger partial charge in [0, 0.05) is 11.1 Å². The first kappa shape index (κ1) is 10.9. The largest absolute Gasteiger partial charge is 0.375 e. The molecule has 0 unspecified atom stereocenters. The summed E-state index contributed by atoms with van der Waals surface area (Å²) < 4.78 is 0. The minimum atomic E-state index is 0.684. The number of anilines is 1. The molecule has 1 heterocycles. The van der Waals surface area contributed by atoms with E-state index in [-0.39, 0.29) is 0 Å². The summed E-state index contributed by atoms with van der Waals surface area (Å²) in [5.74, 6) is 2.25. The quantitative estimate of drug-likeness (QED) is 0.742. The lowest BCUT2D eigenvalue weighted by Crippen LogP contribution is -1.86. The number of aromatic nitrogens is 1. The van der Waals surface area contributed by atoms with Gasteiger partial charge >= 0.3 is 0 Å². The molecule has 0 bridgehead atoms. The van der Waals surface area contributed by atoms with Crippen LogP contribution < -0.4 is 5.73 Å². The second kappa shape index (κ2) is 6.27. The SMILES string of the molecule is CCCCCSCc1csc(N)n1. The zero-order valence-corrected chi connectivity index (χ0v) is 9.59. The fraction of sp³-hybridized carbons (Fsp3) is 0.667. The fourth-order valence-corrected chi connectivity index (χ4v) is 2.60. The van der Waals surface area contributed by atoms with Crippen LogP contribution in [0.25, 0.3) is 0 Å². The summed E-state index contributed by atoms with van der Waals surface area (Å²) >= 11 is 3.47. The maximum absolute atomic E-state index is 5.53. The van der Waals surface area contributed by atoms with Crippen molar-refractivity contribution in [2.24, 2.45) is 0 Å². The number of nitrogen functional groups attached to an aromatic ring is 1. The summed E-state index contributed by atoms with van der Waals surface area (Å²) in [6.07, 6.45) is 3.96. The molecular weight excluding hydrogens is 200 g/mol. The Kier molecular flexibility index (Phi) is 5.23. The van der Waals surface area contributed by atoms with Crippen LogP contribution in [0.2, 0.25) is 0 Å². The molecule has 1 rings (SSSR count). The van der Waals surface area contributed by atoms with Crippen molar-refractivity contribution in [3.05, 3.63) is 11.1 Å². The third-order valence-corrected chi connectivity index (χ3v) is 3.51. The van der Waals surface area contributed by atoms with Gasteiger partial charge in [-0.25, -0.2) is 4.98 Å². The molecule has 2 nitrogen and oxygen atoms in total. The average molecular weight is 216 g/mol. The van der Waals surface area contributed by atoms with Crippen molar-refractivity contribution in [1.29, 1.82) is 0 Å². The summed E-state index contributed by atoms with van der Waals surface area (Å²) in [7, 11) is 0. The van der Waals surface area contributed by atoms with Crippen LogP contribution in [-0.2, 0) is 5.75 Å². The Morgan fingerprint density at radius 3 is 3.00 bits per heavy atom. The topological polar surface area (TPSA) is 38.9 Å². The van der Waals surface area contributed by atoms with Gasteiger partial charge in [-0.15, -0.1) is 11.3 Å². The number of hydrogen-bond donors (Lipinski definition) is 1. The van der Waals surface area contributed by atoms with Gasteiger partial charge in [0.1, 0.15) is 0 Å². The summed E-state index contributed by atoms with van der Waals surface area (Å²) in [4.78, 5) is 4.20. The molecule has 0 aliphatic carbocycles. The first-order valence-electron chi connectivity index (χ1n) is 4.60. The number of thioether (sulfide) groups is 1. The van der Waals surface area contributed by atoms with E-state index in [1.807, 2.05) is 17.1 Å². The molecule has 0 aliphatic heterocycles. The summed E-state index contributed by atoms with van der Waals surface area (Å²) in [6.45, 7) is 2.23. The van der Waals surface area contributed by atoms with Crippen LogP contribution >= 0.6 is 23.1 Å². The standard InChI is InChI=1S/C9H16N2S2/c1-2-3-4-5-12-6-8-7-13-9(10)11-8/h7H,2-6H2,1H3,(H2,10,11). The van der Waals surface area contributed by atoms with E-state index in [1.54, 1.807) is 0 Å². The molecule has 0 saturated carbocycles. The molecule has 0 aliphatic rings. The Balaban J connectivity index is 2.06. The number of nitrogens with zero attached hydrogens (tertiary/aromatic N) is 1. The van der Waals surface area contributed by atoms with Crippen molar-refractivity contribution >= 4 is 28.2 Å². The average Bonchev–Trinajstić information content (AvgIpc) is 2.51. The van der Waals surface area contributed by atoms with Crippen molar-refractivity contribution in [2.75, 3.05) is 11.5 Å². The van der Waals surface area contributed by atoms with E-state index in [9.17, 15) is 0 Å². The van der Waals surface area contributed by atoms with E-state index in [2.05, 4.69) is 11.9 Å². The molecule has 0 spiro atoms. The molecule has 1 aromatic heterocycles. The van der Waals surface area contributed by atoms with Crippen LogP contribution in [0.1, 0.15) is 31.9 Å².